The van der Waals surface area contributed by atoms with Crippen LogP contribution in [0.5, 0.6) is 0 Å². The Hall–Kier alpha value is -4.69. The quantitative estimate of drug-likeness (QED) is 0.279. The van der Waals surface area contributed by atoms with Crippen LogP contribution in [0.3, 0.4) is 0 Å². The molecule has 1 amide bonds. The minimum absolute atomic E-state index is 0.0688. The van der Waals surface area contributed by atoms with Gasteiger partial charge in [-0.3, -0.25) is 5.32 Å². The number of fused-ring (bicyclic) bond motifs is 3. The van der Waals surface area contributed by atoms with Crippen LogP contribution in [0.4, 0.5) is 16.2 Å². The Morgan fingerprint density at radius 3 is 2.58 bits per heavy atom. The molecule has 0 radical (unpaired) electrons. The lowest BCUT2D eigenvalue weighted by Gasteiger charge is -2.29. The number of benzene rings is 3. The molecule has 6 rings (SSSR count). The van der Waals surface area contributed by atoms with Crippen molar-refractivity contribution in [2.24, 2.45) is 0 Å². The highest BCUT2D eigenvalue weighted by atomic mass is 16.5. The van der Waals surface area contributed by atoms with E-state index in [0.29, 0.717) is 30.9 Å². The lowest BCUT2D eigenvalue weighted by Crippen LogP contribution is -2.36. The zero-order chi connectivity index (χ0) is 27.6. The molecule has 1 aliphatic heterocycles. The number of nitrogens with zero attached hydrogens (tertiary/aromatic N) is 2. The molecule has 8 heteroatoms. The van der Waals surface area contributed by atoms with Crippen LogP contribution in [0.2, 0.25) is 0 Å². The second-order valence-corrected chi connectivity index (χ2v) is 9.96. The van der Waals surface area contributed by atoms with Gasteiger partial charge in [-0.2, -0.15) is 0 Å². The fraction of sp³-hybridized carbons (Fsp3) is 0.219. The Labute approximate surface area is 232 Å². The third-order valence-electron chi connectivity index (χ3n) is 7.56. The number of aromatic nitrogens is 1. The minimum atomic E-state index is -1.04. The van der Waals surface area contributed by atoms with Crippen LogP contribution in [0.25, 0.3) is 22.3 Å². The molecule has 2 aliphatic rings. The molecule has 2 N–H and O–H groups in total. The summed E-state index contributed by atoms with van der Waals surface area (Å²) in [4.78, 5) is 31.4. The third kappa shape index (κ3) is 4.89. The molecule has 1 saturated heterocycles. The van der Waals surface area contributed by atoms with Crippen LogP contribution in [0, 0.1) is 6.92 Å². The standard InChI is InChI=1S/C32H29N3O5/c1-20-24(8-5-9-28(20)34-32(38)40-19-21-6-3-2-4-7-21)27-18-33-30(31(36)37)26-16-22-10-11-23(17-25(22)29(26)27)35-12-14-39-15-13-35/h2-11,17-18H,12-16,19H2,1H3,(H,34,38)(H,36,37). The molecule has 0 spiro atoms. The van der Waals surface area contributed by atoms with Crippen molar-refractivity contribution < 1.29 is 24.2 Å². The van der Waals surface area contributed by atoms with E-state index < -0.39 is 12.1 Å². The van der Waals surface area contributed by atoms with Crippen LogP contribution in [0.1, 0.15) is 32.7 Å². The van der Waals surface area contributed by atoms with Gasteiger partial charge in [-0.25, -0.2) is 14.6 Å². The molecule has 1 fully saturated rings. The molecule has 40 heavy (non-hydrogen) atoms. The average molecular weight is 536 g/mol. The average Bonchev–Trinajstić information content (AvgIpc) is 3.37. The first-order chi connectivity index (χ1) is 19.5. The summed E-state index contributed by atoms with van der Waals surface area (Å²) in [6, 6.07) is 21.5. The molecular formula is C32H29N3O5. The zero-order valence-electron chi connectivity index (χ0n) is 22.1. The van der Waals surface area contributed by atoms with Gasteiger partial charge in [-0.1, -0.05) is 48.5 Å². The molecule has 1 aromatic heterocycles. The number of aromatic carboxylic acids is 1. The molecule has 0 saturated carbocycles. The molecule has 3 aromatic carbocycles. The van der Waals surface area contributed by atoms with Crippen LogP contribution < -0.4 is 10.2 Å². The second kappa shape index (κ2) is 10.8. The van der Waals surface area contributed by atoms with Gasteiger partial charge < -0.3 is 19.5 Å². The number of anilines is 2. The van der Waals surface area contributed by atoms with Crippen molar-refractivity contribution in [3.8, 4) is 22.3 Å². The second-order valence-electron chi connectivity index (χ2n) is 9.96. The van der Waals surface area contributed by atoms with Crippen molar-refractivity contribution in [3.05, 3.63) is 101 Å². The normalized spacial score (nSPS) is 13.9. The predicted octanol–water partition coefficient (Wildman–Crippen LogP) is 5.91. The number of ether oxygens (including phenoxy) is 2. The Balaban J connectivity index is 1.36. The Morgan fingerprint density at radius 1 is 1.00 bits per heavy atom. The van der Waals surface area contributed by atoms with E-state index in [0.717, 1.165) is 57.7 Å². The van der Waals surface area contributed by atoms with E-state index in [-0.39, 0.29) is 12.3 Å². The van der Waals surface area contributed by atoms with Gasteiger partial charge >= 0.3 is 12.1 Å². The summed E-state index contributed by atoms with van der Waals surface area (Å²) in [7, 11) is 0. The number of carbonyl (C=O) groups is 2. The van der Waals surface area contributed by atoms with E-state index in [1.807, 2.05) is 55.5 Å². The van der Waals surface area contributed by atoms with Crippen molar-refractivity contribution in [3.63, 3.8) is 0 Å². The molecule has 1 aliphatic carbocycles. The lowest BCUT2D eigenvalue weighted by atomic mass is 9.92. The number of hydrogen-bond donors (Lipinski definition) is 2. The molecule has 0 atom stereocenters. The molecule has 0 unspecified atom stereocenters. The maximum atomic E-state index is 12.6. The van der Waals surface area contributed by atoms with Gasteiger partial charge in [0.25, 0.3) is 0 Å². The predicted molar refractivity (Wildman–Crippen MR) is 153 cm³/mol. The first-order valence-electron chi connectivity index (χ1n) is 13.3. The number of rotatable bonds is 6. The number of carbonyl (C=O) groups excluding carboxylic acids is 1. The molecular weight excluding hydrogens is 506 g/mol. The van der Waals surface area contributed by atoms with Gasteiger partial charge in [0.2, 0.25) is 0 Å². The largest absolute Gasteiger partial charge is 0.477 e. The van der Waals surface area contributed by atoms with Crippen molar-refractivity contribution >= 4 is 23.4 Å². The highest BCUT2D eigenvalue weighted by Gasteiger charge is 2.30. The van der Waals surface area contributed by atoms with Crippen molar-refractivity contribution in [1.82, 2.24) is 4.98 Å². The van der Waals surface area contributed by atoms with Gasteiger partial charge in [0.05, 0.1) is 13.2 Å². The summed E-state index contributed by atoms with van der Waals surface area (Å²) in [5.74, 6) is -1.04. The van der Waals surface area contributed by atoms with Crippen molar-refractivity contribution in [2.75, 3.05) is 36.5 Å². The first-order valence-corrected chi connectivity index (χ1v) is 13.3. The summed E-state index contributed by atoms with van der Waals surface area (Å²) in [6.45, 7) is 5.07. The van der Waals surface area contributed by atoms with E-state index in [2.05, 4.69) is 33.4 Å². The smallest absolute Gasteiger partial charge is 0.411 e. The fourth-order valence-electron chi connectivity index (χ4n) is 5.51. The Morgan fingerprint density at radius 2 is 1.80 bits per heavy atom. The van der Waals surface area contributed by atoms with E-state index in [1.165, 1.54) is 0 Å². The maximum Gasteiger partial charge on any atom is 0.411 e. The van der Waals surface area contributed by atoms with Crippen LogP contribution >= 0.6 is 0 Å². The van der Waals surface area contributed by atoms with Gasteiger partial charge in [-0.15, -0.1) is 0 Å². The zero-order valence-corrected chi connectivity index (χ0v) is 22.1. The number of nitrogens with one attached hydrogen (secondary N) is 1. The van der Waals surface area contributed by atoms with Crippen LogP contribution in [-0.4, -0.2) is 48.5 Å². The number of carboxylic acids is 1. The van der Waals surface area contributed by atoms with Crippen molar-refractivity contribution in [1.29, 1.82) is 0 Å². The summed E-state index contributed by atoms with van der Waals surface area (Å²) < 4.78 is 10.9. The molecule has 0 bridgehead atoms. The topological polar surface area (TPSA) is 101 Å². The first kappa shape index (κ1) is 25.6. The minimum Gasteiger partial charge on any atom is -0.477 e. The Bertz CT molecular complexity index is 1600. The van der Waals surface area contributed by atoms with E-state index in [4.69, 9.17) is 9.47 Å². The summed E-state index contributed by atoms with van der Waals surface area (Å²) in [5.41, 5.74) is 8.88. The molecule has 202 valence electrons. The van der Waals surface area contributed by atoms with Crippen molar-refractivity contribution in [2.45, 2.75) is 20.0 Å². The SMILES string of the molecule is Cc1c(NC(=O)OCc2ccccc2)cccc1-c1cnc(C(=O)O)c2c1-c1cc(N3CCOCC3)ccc1C2. The van der Waals surface area contributed by atoms with Crippen LogP contribution in [-0.2, 0) is 22.5 Å². The molecule has 8 nitrogen and oxygen atoms in total. The van der Waals surface area contributed by atoms with Crippen LogP contribution in [0.15, 0.2) is 72.9 Å². The number of amides is 1. The number of morpholine rings is 1. The highest BCUT2D eigenvalue weighted by Crippen LogP contribution is 2.46. The summed E-state index contributed by atoms with van der Waals surface area (Å²) >= 11 is 0. The van der Waals surface area contributed by atoms with E-state index in [9.17, 15) is 14.7 Å². The summed E-state index contributed by atoms with van der Waals surface area (Å²) in [5, 5.41) is 12.8. The number of pyridine rings is 1. The molecule has 4 aromatic rings. The van der Waals surface area contributed by atoms with Gasteiger partial charge in [-0.05, 0) is 64.1 Å². The number of hydrogen-bond acceptors (Lipinski definition) is 6. The highest BCUT2D eigenvalue weighted by molar-refractivity contribution is 5.99. The lowest BCUT2D eigenvalue weighted by molar-refractivity contribution is 0.0689. The Kier molecular flexibility index (Phi) is 6.92. The fourth-order valence-corrected chi connectivity index (χ4v) is 5.51. The summed E-state index contributed by atoms with van der Waals surface area (Å²) in [6.07, 6.45) is 1.59. The monoisotopic (exact) mass is 535 g/mol. The van der Waals surface area contributed by atoms with E-state index >= 15 is 0 Å². The molecule has 2 heterocycles. The van der Waals surface area contributed by atoms with E-state index in [1.54, 1.807) is 6.20 Å². The number of carboxylic acid groups (broad SMARTS) is 1. The maximum absolute atomic E-state index is 12.6. The third-order valence-corrected chi connectivity index (χ3v) is 7.56. The van der Waals surface area contributed by atoms with Gasteiger partial charge in [0, 0.05) is 42.6 Å². The van der Waals surface area contributed by atoms with Gasteiger partial charge in [0.15, 0.2) is 5.69 Å². The van der Waals surface area contributed by atoms with Gasteiger partial charge in [0.1, 0.15) is 6.61 Å².